The maximum absolute atomic E-state index is 12.7. The molecule has 0 saturated heterocycles. The molecule has 2 aromatic rings. The lowest BCUT2D eigenvalue weighted by molar-refractivity contribution is -0.119. The number of nitrogens with zero attached hydrogens (tertiary/aromatic N) is 1. The van der Waals surface area contributed by atoms with Crippen molar-refractivity contribution < 1.29 is 14.3 Å². The number of fused-ring (bicyclic) bond motifs is 1. The van der Waals surface area contributed by atoms with Crippen molar-refractivity contribution in [2.24, 2.45) is 5.92 Å². The zero-order valence-electron chi connectivity index (χ0n) is 14.8. The standard InChI is InChI=1S/C21H22N2O3/c1-2-26-19-6-4-3-5-17(19)20(24)22-16-10-9-14-11-12-23(18(14)13-16)21(25)15-7-8-15/h3-6,9-10,13,15H,2,7-8,11-12H2,1H3,(H,22,24). The predicted molar refractivity (Wildman–Crippen MR) is 101 cm³/mol. The fourth-order valence-corrected chi connectivity index (χ4v) is 3.37. The maximum Gasteiger partial charge on any atom is 0.259 e. The minimum Gasteiger partial charge on any atom is -0.493 e. The Kier molecular flexibility index (Phi) is 4.37. The smallest absolute Gasteiger partial charge is 0.259 e. The van der Waals surface area contributed by atoms with Gasteiger partial charge in [-0.2, -0.15) is 0 Å². The van der Waals surface area contributed by atoms with Gasteiger partial charge in [-0.15, -0.1) is 0 Å². The Morgan fingerprint density at radius 1 is 1.19 bits per heavy atom. The molecule has 0 atom stereocenters. The summed E-state index contributed by atoms with van der Waals surface area (Å²) in [5, 5.41) is 2.93. The summed E-state index contributed by atoms with van der Waals surface area (Å²) in [5.74, 6) is 0.762. The first kappa shape index (κ1) is 16.6. The van der Waals surface area contributed by atoms with Gasteiger partial charge in [-0.05, 0) is 56.0 Å². The Labute approximate surface area is 153 Å². The average Bonchev–Trinajstić information content (AvgIpc) is 3.42. The third kappa shape index (κ3) is 3.17. The predicted octanol–water partition coefficient (Wildman–Crippen LogP) is 3.64. The molecule has 1 heterocycles. The van der Waals surface area contributed by atoms with Gasteiger partial charge in [0.05, 0.1) is 12.2 Å². The molecule has 0 aromatic heterocycles. The van der Waals surface area contributed by atoms with Crippen LogP contribution in [-0.2, 0) is 11.2 Å². The Balaban J connectivity index is 1.55. The van der Waals surface area contributed by atoms with E-state index in [0.29, 0.717) is 23.6 Å². The van der Waals surface area contributed by atoms with Gasteiger partial charge in [-0.3, -0.25) is 9.59 Å². The van der Waals surface area contributed by atoms with Gasteiger partial charge in [0.2, 0.25) is 5.91 Å². The quantitative estimate of drug-likeness (QED) is 0.896. The van der Waals surface area contributed by atoms with Crippen LogP contribution in [-0.4, -0.2) is 25.0 Å². The third-order valence-electron chi connectivity index (χ3n) is 4.86. The molecule has 5 heteroatoms. The van der Waals surface area contributed by atoms with Crippen molar-refractivity contribution in [1.29, 1.82) is 0 Å². The number of benzene rings is 2. The monoisotopic (exact) mass is 350 g/mol. The summed E-state index contributed by atoms with van der Waals surface area (Å²) in [6.07, 6.45) is 2.86. The number of carbonyl (C=O) groups is 2. The van der Waals surface area contributed by atoms with Crippen molar-refractivity contribution in [1.82, 2.24) is 0 Å². The van der Waals surface area contributed by atoms with Gasteiger partial charge in [-0.1, -0.05) is 18.2 Å². The van der Waals surface area contributed by atoms with Crippen LogP contribution in [0.25, 0.3) is 0 Å². The number of hydrogen-bond acceptors (Lipinski definition) is 3. The number of hydrogen-bond donors (Lipinski definition) is 1. The number of ether oxygens (including phenoxy) is 1. The highest BCUT2D eigenvalue weighted by atomic mass is 16.5. The van der Waals surface area contributed by atoms with E-state index >= 15 is 0 Å². The molecule has 0 radical (unpaired) electrons. The van der Waals surface area contributed by atoms with Gasteiger partial charge in [0.25, 0.3) is 5.91 Å². The van der Waals surface area contributed by atoms with E-state index < -0.39 is 0 Å². The Bertz CT molecular complexity index is 858. The molecule has 134 valence electrons. The Morgan fingerprint density at radius 2 is 2.00 bits per heavy atom. The molecule has 1 aliphatic carbocycles. The summed E-state index contributed by atoms with van der Waals surface area (Å²) in [4.78, 5) is 27.0. The second-order valence-corrected chi connectivity index (χ2v) is 6.74. The molecule has 5 nitrogen and oxygen atoms in total. The summed E-state index contributed by atoms with van der Waals surface area (Å²) < 4.78 is 5.54. The number of carbonyl (C=O) groups excluding carboxylic acids is 2. The minimum atomic E-state index is -0.216. The molecule has 1 aliphatic heterocycles. The van der Waals surface area contributed by atoms with Crippen molar-refractivity contribution in [2.45, 2.75) is 26.2 Å². The second kappa shape index (κ2) is 6.83. The molecule has 1 fully saturated rings. The number of amides is 2. The average molecular weight is 350 g/mol. The van der Waals surface area contributed by atoms with Crippen LogP contribution in [0.1, 0.15) is 35.7 Å². The molecule has 1 N–H and O–H groups in total. The fourth-order valence-electron chi connectivity index (χ4n) is 3.37. The number of anilines is 2. The lowest BCUT2D eigenvalue weighted by Gasteiger charge is -2.18. The van der Waals surface area contributed by atoms with E-state index in [1.54, 1.807) is 12.1 Å². The van der Waals surface area contributed by atoms with E-state index in [1.807, 2.05) is 42.2 Å². The molecule has 1 saturated carbocycles. The van der Waals surface area contributed by atoms with Gasteiger partial charge >= 0.3 is 0 Å². The first-order valence-electron chi connectivity index (χ1n) is 9.15. The molecule has 26 heavy (non-hydrogen) atoms. The van der Waals surface area contributed by atoms with Crippen molar-refractivity contribution in [3.63, 3.8) is 0 Å². The van der Waals surface area contributed by atoms with Crippen molar-refractivity contribution >= 4 is 23.2 Å². The molecule has 2 aromatic carbocycles. The van der Waals surface area contributed by atoms with E-state index in [1.165, 1.54) is 0 Å². The summed E-state index contributed by atoms with van der Waals surface area (Å²) in [6, 6.07) is 13.0. The minimum absolute atomic E-state index is 0.192. The number of para-hydroxylation sites is 1. The molecule has 4 rings (SSSR count). The highest BCUT2D eigenvalue weighted by Gasteiger charge is 2.36. The van der Waals surface area contributed by atoms with Gasteiger partial charge in [-0.25, -0.2) is 0 Å². The van der Waals surface area contributed by atoms with Crippen LogP contribution in [0.15, 0.2) is 42.5 Å². The molecule has 0 unspecified atom stereocenters. The Hall–Kier alpha value is -2.82. The van der Waals surface area contributed by atoms with Crippen LogP contribution in [0.2, 0.25) is 0 Å². The van der Waals surface area contributed by atoms with Gasteiger partial charge < -0.3 is 15.0 Å². The largest absolute Gasteiger partial charge is 0.493 e. The highest BCUT2D eigenvalue weighted by molar-refractivity contribution is 6.07. The third-order valence-corrected chi connectivity index (χ3v) is 4.86. The van der Waals surface area contributed by atoms with E-state index in [9.17, 15) is 9.59 Å². The van der Waals surface area contributed by atoms with E-state index in [-0.39, 0.29) is 17.7 Å². The number of nitrogens with one attached hydrogen (secondary N) is 1. The first-order chi connectivity index (χ1) is 12.7. The maximum atomic E-state index is 12.7. The normalized spacial score (nSPS) is 15.5. The summed E-state index contributed by atoms with van der Waals surface area (Å²) in [7, 11) is 0. The molecule has 0 spiro atoms. The zero-order valence-corrected chi connectivity index (χ0v) is 14.8. The van der Waals surface area contributed by atoms with Crippen molar-refractivity contribution in [3.05, 3.63) is 53.6 Å². The highest BCUT2D eigenvalue weighted by Crippen LogP contribution is 2.37. The van der Waals surface area contributed by atoms with Crippen LogP contribution in [0.5, 0.6) is 5.75 Å². The van der Waals surface area contributed by atoms with Crippen molar-refractivity contribution in [3.8, 4) is 5.75 Å². The summed E-state index contributed by atoms with van der Waals surface area (Å²) in [5.41, 5.74) is 3.28. The second-order valence-electron chi connectivity index (χ2n) is 6.74. The topological polar surface area (TPSA) is 58.6 Å². The van der Waals surface area contributed by atoms with E-state index in [4.69, 9.17) is 4.74 Å². The lowest BCUT2D eigenvalue weighted by atomic mass is 10.1. The van der Waals surface area contributed by atoms with Gasteiger partial charge in [0, 0.05) is 23.8 Å². The van der Waals surface area contributed by atoms with Crippen LogP contribution >= 0.6 is 0 Å². The lowest BCUT2D eigenvalue weighted by Crippen LogP contribution is -2.30. The molecular formula is C21H22N2O3. The van der Waals surface area contributed by atoms with Crippen LogP contribution in [0.3, 0.4) is 0 Å². The SMILES string of the molecule is CCOc1ccccc1C(=O)Nc1ccc2c(c1)N(C(=O)C1CC1)CC2. The van der Waals surface area contributed by atoms with Crippen LogP contribution in [0, 0.1) is 5.92 Å². The van der Waals surface area contributed by atoms with Crippen molar-refractivity contribution in [2.75, 3.05) is 23.4 Å². The first-order valence-corrected chi connectivity index (χ1v) is 9.15. The van der Waals surface area contributed by atoms with Gasteiger partial charge in [0.15, 0.2) is 0 Å². The Morgan fingerprint density at radius 3 is 2.77 bits per heavy atom. The van der Waals surface area contributed by atoms with Crippen LogP contribution in [0.4, 0.5) is 11.4 Å². The molecule has 2 aliphatic rings. The zero-order chi connectivity index (χ0) is 18.1. The van der Waals surface area contributed by atoms with Gasteiger partial charge in [0.1, 0.15) is 5.75 Å². The van der Waals surface area contributed by atoms with Crippen LogP contribution < -0.4 is 15.0 Å². The molecule has 2 amide bonds. The molecule has 0 bridgehead atoms. The molecular weight excluding hydrogens is 328 g/mol. The summed E-state index contributed by atoms with van der Waals surface area (Å²) in [6.45, 7) is 3.12. The number of rotatable bonds is 5. The van der Waals surface area contributed by atoms with E-state index in [2.05, 4.69) is 5.32 Å². The fraction of sp³-hybridized carbons (Fsp3) is 0.333. The summed E-state index contributed by atoms with van der Waals surface area (Å²) >= 11 is 0. The van der Waals surface area contributed by atoms with E-state index in [0.717, 1.165) is 37.1 Å².